The normalized spacial score (nSPS) is 11.0. The SMILES string of the molecule is COc1ccc(CC[As]c2cc(-c3cccc(N)c3)nc(OC)n2)cc1. The average Bonchev–Trinajstić information content (AvgIpc) is 2.68. The van der Waals surface area contributed by atoms with Crippen LogP contribution in [0.2, 0.25) is 5.21 Å². The van der Waals surface area contributed by atoms with Gasteiger partial charge in [-0.05, 0) is 0 Å². The van der Waals surface area contributed by atoms with Crippen molar-refractivity contribution < 1.29 is 9.47 Å². The molecule has 1 radical (unpaired) electrons. The van der Waals surface area contributed by atoms with Gasteiger partial charge in [0, 0.05) is 0 Å². The Morgan fingerprint density at radius 1 is 0.962 bits per heavy atom. The number of benzene rings is 2. The Kier molecular flexibility index (Phi) is 6.13. The number of anilines is 1. The van der Waals surface area contributed by atoms with Gasteiger partial charge in [-0.3, -0.25) is 0 Å². The molecule has 0 aliphatic rings. The van der Waals surface area contributed by atoms with Crippen molar-refractivity contribution in [3.63, 3.8) is 0 Å². The number of hydrogen-bond donors (Lipinski definition) is 1. The Bertz CT molecular complexity index is 869. The number of nitrogen functional groups attached to an aromatic ring is 1. The number of ether oxygens (including phenoxy) is 2. The van der Waals surface area contributed by atoms with Crippen LogP contribution in [0.1, 0.15) is 5.56 Å². The van der Waals surface area contributed by atoms with Crippen molar-refractivity contribution in [3.8, 4) is 23.0 Å². The number of hydrogen-bond acceptors (Lipinski definition) is 5. The van der Waals surface area contributed by atoms with Gasteiger partial charge < -0.3 is 0 Å². The van der Waals surface area contributed by atoms with Crippen molar-refractivity contribution in [1.82, 2.24) is 9.97 Å². The Morgan fingerprint density at radius 2 is 1.77 bits per heavy atom. The second-order valence-electron chi connectivity index (χ2n) is 5.70. The molecule has 2 N–H and O–H groups in total. The number of rotatable bonds is 7. The number of aromatic nitrogens is 2. The van der Waals surface area contributed by atoms with Crippen molar-refractivity contribution >= 4 is 25.9 Å². The molecule has 6 heteroatoms. The van der Waals surface area contributed by atoms with E-state index >= 15 is 0 Å². The molecule has 5 nitrogen and oxygen atoms in total. The van der Waals surface area contributed by atoms with Crippen LogP contribution in [0.5, 0.6) is 11.8 Å². The maximum absolute atomic E-state index is 5.89. The van der Waals surface area contributed by atoms with Gasteiger partial charge in [0.2, 0.25) is 0 Å². The van der Waals surface area contributed by atoms with E-state index in [1.165, 1.54) is 5.56 Å². The average molecular weight is 410 g/mol. The molecule has 1 heterocycles. The molecular weight excluding hydrogens is 389 g/mol. The van der Waals surface area contributed by atoms with Gasteiger partial charge in [0.05, 0.1) is 0 Å². The molecule has 1 aromatic heterocycles. The van der Waals surface area contributed by atoms with E-state index in [9.17, 15) is 0 Å². The second-order valence-corrected chi connectivity index (χ2v) is 8.27. The molecule has 2 aromatic carbocycles. The predicted octanol–water partition coefficient (Wildman–Crippen LogP) is 2.73. The summed E-state index contributed by atoms with van der Waals surface area (Å²) in [5.41, 5.74) is 9.73. The summed E-state index contributed by atoms with van der Waals surface area (Å²) in [6.07, 6.45) is 1.02. The van der Waals surface area contributed by atoms with Crippen molar-refractivity contribution in [1.29, 1.82) is 0 Å². The Hall–Kier alpha value is -2.52. The molecule has 0 aliphatic carbocycles. The van der Waals surface area contributed by atoms with Crippen LogP contribution >= 0.6 is 0 Å². The zero-order chi connectivity index (χ0) is 18.4. The fourth-order valence-electron chi connectivity index (χ4n) is 2.52. The molecule has 0 amide bonds. The molecule has 133 valence electrons. The molecule has 26 heavy (non-hydrogen) atoms. The number of methoxy groups -OCH3 is 2. The van der Waals surface area contributed by atoms with Crippen LogP contribution in [0, 0.1) is 0 Å². The molecule has 0 bridgehead atoms. The summed E-state index contributed by atoms with van der Waals surface area (Å²) in [7, 11) is 3.27. The molecule has 0 saturated carbocycles. The van der Waals surface area contributed by atoms with Gasteiger partial charge >= 0.3 is 160 Å². The maximum atomic E-state index is 5.89. The Morgan fingerprint density at radius 3 is 2.46 bits per heavy atom. The molecule has 0 saturated heterocycles. The number of nitrogens with zero attached hydrogens (tertiary/aromatic N) is 2. The summed E-state index contributed by atoms with van der Waals surface area (Å²) in [5.74, 6) is 0.884. The summed E-state index contributed by atoms with van der Waals surface area (Å²) in [5, 5.41) is 1.08. The standard InChI is InChI=1S/C20H21AsN3O2/c1-25-17-8-6-14(7-9-17)10-11-21-19-13-18(23-20(24-19)26-2)15-4-3-5-16(22)12-15/h3-9,12-13H,10-11,22H2,1-2H3. The predicted molar refractivity (Wildman–Crippen MR) is 105 cm³/mol. The van der Waals surface area contributed by atoms with Crippen molar-refractivity contribution in [2.24, 2.45) is 0 Å². The number of aryl methyl sites for hydroxylation is 1. The molecule has 3 rings (SSSR count). The molecule has 0 aliphatic heterocycles. The van der Waals surface area contributed by atoms with Crippen LogP contribution in [0.4, 0.5) is 5.69 Å². The molecular formula is C20H21AsN3O2. The van der Waals surface area contributed by atoms with Crippen LogP contribution in [0.15, 0.2) is 54.6 Å². The van der Waals surface area contributed by atoms with Gasteiger partial charge in [-0.25, -0.2) is 0 Å². The van der Waals surface area contributed by atoms with E-state index in [2.05, 4.69) is 22.1 Å². The Labute approximate surface area is 160 Å². The van der Waals surface area contributed by atoms with Crippen molar-refractivity contribution in [2.45, 2.75) is 11.6 Å². The first-order valence-electron chi connectivity index (χ1n) is 8.27. The van der Waals surface area contributed by atoms with Crippen LogP contribution in [0.25, 0.3) is 11.3 Å². The zero-order valence-corrected chi connectivity index (χ0v) is 16.7. The fraction of sp³-hybridized carbons (Fsp3) is 0.200. The topological polar surface area (TPSA) is 70.3 Å². The first-order chi connectivity index (χ1) is 12.7. The minimum atomic E-state index is -0.0826. The second kappa shape index (κ2) is 8.72. The van der Waals surface area contributed by atoms with E-state index in [0.717, 1.165) is 38.8 Å². The van der Waals surface area contributed by atoms with Gasteiger partial charge in [0.25, 0.3) is 0 Å². The molecule has 3 aromatic rings. The third-order valence-corrected chi connectivity index (χ3v) is 5.99. The van der Waals surface area contributed by atoms with E-state index in [4.69, 9.17) is 15.2 Å². The molecule has 0 spiro atoms. The van der Waals surface area contributed by atoms with E-state index in [-0.39, 0.29) is 15.8 Å². The van der Waals surface area contributed by atoms with E-state index in [0.29, 0.717) is 6.01 Å². The van der Waals surface area contributed by atoms with Crippen LogP contribution < -0.4 is 19.7 Å². The first kappa shape index (κ1) is 18.3. The van der Waals surface area contributed by atoms with E-state index < -0.39 is 0 Å². The molecule has 0 unspecified atom stereocenters. The van der Waals surface area contributed by atoms with Crippen LogP contribution in [-0.4, -0.2) is 39.9 Å². The quantitative estimate of drug-likeness (QED) is 0.479. The molecule has 0 fully saturated rings. The van der Waals surface area contributed by atoms with Gasteiger partial charge in [0.15, 0.2) is 0 Å². The summed E-state index contributed by atoms with van der Waals surface area (Å²) in [4.78, 5) is 8.98. The van der Waals surface area contributed by atoms with Crippen LogP contribution in [-0.2, 0) is 6.42 Å². The summed E-state index contributed by atoms with van der Waals surface area (Å²) >= 11 is -0.0826. The third kappa shape index (κ3) is 4.76. The van der Waals surface area contributed by atoms with E-state index in [1.54, 1.807) is 14.2 Å². The minimum absolute atomic E-state index is 0.0826. The van der Waals surface area contributed by atoms with Gasteiger partial charge in [-0.2, -0.15) is 0 Å². The number of nitrogens with two attached hydrogens (primary N) is 1. The van der Waals surface area contributed by atoms with Gasteiger partial charge in [-0.1, -0.05) is 0 Å². The van der Waals surface area contributed by atoms with Crippen LogP contribution in [0.3, 0.4) is 0 Å². The van der Waals surface area contributed by atoms with Gasteiger partial charge in [-0.15, -0.1) is 0 Å². The van der Waals surface area contributed by atoms with Crippen molar-refractivity contribution in [3.05, 3.63) is 60.2 Å². The Balaban J connectivity index is 1.71. The first-order valence-corrected chi connectivity index (χ1v) is 10.5. The summed E-state index contributed by atoms with van der Waals surface area (Å²) < 4.78 is 11.5. The summed E-state index contributed by atoms with van der Waals surface area (Å²) in [6.45, 7) is 0. The third-order valence-electron chi connectivity index (χ3n) is 3.89. The zero-order valence-electron chi connectivity index (χ0n) is 14.8. The van der Waals surface area contributed by atoms with Crippen molar-refractivity contribution in [2.75, 3.05) is 20.0 Å². The monoisotopic (exact) mass is 410 g/mol. The van der Waals surface area contributed by atoms with E-state index in [1.807, 2.05) is 42.5 Å². The molecule has 0 atom stereocenters. The van der Waals surface area contributed by atoms with Gasteiger partial charge in [0.1, 0.15) is 0 Å². The fourth-order valence-corrected chi connectivity index (χ4v) is 4.56. The summed E-state index contributed by atoms with van der Waals surface area (Å²) in [6, 6.07) is 18.4.